The van der Waals surface area contributed by atoms with Gasteiger partial charge in [0.15, 0.2) is 6.20 Å². The third-order valence-corrected chi connectivity index (χ3v) is 6.64. The third-order valence-electron chi connectivity index (χ3n) is 5.52. The van der Waals surface area contributed by atoms with Crippen molar-refractivity contribution in [3.63, 3.8) is 0 Å². The molecule has 0 saturated heterocycles. The maximum absolute atomic E-state index is 5.51. The van der Waals surface area contributed by atoms with E-state index in [2.05, 4.69) is 94.0 Å². The van der Waals surface area contributed by atoms with Crippen molar-refractivity contribution in [3.8, 4) is 0 Å². The molecule has 4 N–H and O–H groups in total. The number of benzene rings is 2. The lowest BCUT2D eigenvalue weighted by Crippen LogP contribution is -2.32. The Morgan fingerprint density at radius 3 is 2.61 bits per heavy atom. The number of thioether (sulfide) groups is 1. The van der Waals surface area contributed by atoms with Gasteiger partial charge in [0.1, 0.15) is 7.05 Å². The molecule has 1 aliphatic rings. The molecule has 1 aliphatic heterocycles. The second-order valence-electron chi connectivity index (χ2n) is 7.75. The highest BCUT2D eigenvalue weighted by molar-refractivity contribution is 8.03. The summed E-state index contributed by atoms with van der Waals surface area (Å²) in [5.41, 5.74) is 9.33. The Morgan fingerprint density at radius 1 is 0.968 bits per heavy atom. The average Bonchev–Trinajstić information content (AvgIpc) is 3.15. The first-order valence-corrected chi connectivity index (χ1v) is 11.8. The highest BCUT2D eigenvalue weighted by Gasteiger charge is 2.24. The number of rotatable bonds is 10. The zero-order valence-corrected chi connectivity index (χ0v) is 19.0. The molecular formula is C25H32N5S+. The van der Waals surface area contributed by atoms with Crippen molar-refractivity contribution in [1.82, 2.24) is 10.6 Å². The van der Waals surface area contributed by atoms with Crippen LogP contribution in [-0.2, 0) is 7.05 Å². The molecule has 0 radical (unpaired) electrons. The molecule has 0 fully saturated rings. The number of nitrogens with zero attached hydrogens (tertiary/aromatic N) is 2. The molecule has 0 unspecified atom stereocenters. The number of nitrogens with two attached hydrogens (primary N) is 1. The van der Waals surface area contributed by atoms with Gasteiger partial charge in [0, 0.05) is 49.8 Å². The molecule has 5 nitrogen and oxygen atoms in total. The van der Waals surface area contributed by atoms with Gasteiger partial charge < -0.3 is 21.3 Å². The number of aryl methyl sites for hydroxylation is 1. The van der Waals surface area contributed by atoms with Crippen LogP contribution in [0.4, 0.5) is 5.69 Å². The summed E-state index contributed by atoms with van der Waals surface area (Å²) in [6.07, 6.45) is 5.58. The zero-order chi connectivity index (χ0) is 21.5. The van der Waals surface area contributed by atoms with E-state index in [1.165, 1.54) is 32.1 Å². The van der Waals surface area contributed by atoms with Crippen molar-refractivity contribution in [2.24, 2.45) is 12.8 Å². The lowest BCUT2D eigenvalue weighted by atomic mass is 10.1. The van der Waals surface area contributed by atoms with Crippen LogP contribution in [0.3, 0.4) is 0 Å². The van der Waals surface area contributed by atoms with E-state index in [-0.39, 0.29) is 0 Å². The topological polar surface area (TPSA) is 57.2 Å². The van der Waals surface area contributed by atoms with Gasteiger partial charge in [0.2, 0.25) is 5.52 Å². The fourth-order valence-electron chi connectivity index (χ4n) is 3.93. The van der Waals surface area contributed by atoms with Crippen LogP contribution in [0, 0.1) is 0 Å². The molecule has 162 valence electrons. The normalized spacial score (nSPS) is 14.5. The number of hydrogen-bond acceptors (Lipinski definition) is 5. The van der Waals surface area contributed by atoms with Gasteiger partial charge in [0.05, 0.1) is 16.1 Å². The summed E-state index contributed by atoms with van der Waals surface area (Å²) in [6, 6.07) is 19.5. The Morgan fingerprint density at radius 2 is 1.74 bits per heavy atom. The van der Waals surface area contributed by atoms with E-state index < -0.39 is 0 Å². The largest absolute Gasteiger partial charge is 0.335 e. The number of para-hydroxylation sites is 2. The smallest absolute Gasteiger partial charge is 0.212 e. The molecule has 0 spiro atoms. The van der Waals surface area contributed by atoms with Crippen molar-refractivity contribution in [3.05, 3.63) is 71.4 Å². The first kappa shape index (κ1) is 21.8. The first-order chi connectivity index (χ1) is 15.3. The Bertz CT molecular complexity index is 1050. The average molecular weight is 435 g/mol. The van der Waals surface area contributed by atoms with Crippen molar-refractivity contribution in [2.45, 2.75) is 11.3 Å². The van der Waals surface area contributed by atoms with Gasteiger partial charge in [-0.2, -0.15) is 0 Å². The van der Waals surface area contributed by atoms with Crippen molar-refractivity contribution >= 4 is 34.4 Å². The van der Waals surface area contributed by atoms with Gasteiger partial charge in [-0.05, 0) is 42.8 Å². The lowest BCUT2D eigenvalue weighted by Gasteiger charge is -2.21. The second kappa shape index (κ2) is 10.8. The summed E-state index contributed by atoms with van der Waals surface area (Å²) in [5, 5.41) is 9.43. The molecule has 0 amide bonds. The van der Waals surface area contributed by atoms with E-state index >= 15 is 0 Å². The van der Waals surface area contributed by atoms with Gasteiger partial charge in [-0.15, -0.1) is 0 Å². The Balaban J connectivity index is 1.49. The molecule has 0 aliphatic carbocycles. The van der Waals surface area contributed by atoms with E-state index in [0.717, 1.165) is 39.1 Å². The summed E-state index contributed by atoms with van der Waals surface area (Å²) in [6.45, 7) is 5.51. The summed E-state index contributed by atoms with van der Waals surface area (Å²) in [4.78, 5) is 3.80. The molecule has 4 rings (SSSR count). The van der Waals surface area contributed by atoms with Gasteiger partial charge in [0.25, 0.3) is 0 Å². The second-order valence-corrected chi connectivity index (χ2v) is 8.81. The summed E-state index contributed by atoms with van der Waals surface area (Å²) >= 11 is 1.87. The third kappa shape index (κ3) is 5.28. The summed E-state index contributed by atoms with van der Waals surface area (Å²) in [7, 11) is 2.10. The minimum absolute atomic E-state index is 0.691. The van der Waals surface area contributed by atoms with Crippen molar-refractivity contribution < 1.29 is 4.57 Å². The van der Waals surface area contributed by atoms with Crippen LogP contribution >= 0.6 is 11.8 Å². The summed E-state index contributed by atoms with van der Waals surface area (Å²) in [5.74, 6) is 0. The van der Waals surface area contributed by atoms with Crippen LogP contribution in [-0.4, -0.2) is 39.3 Å². The van der Waals surface area contributed by atoms with Gasteiger partial charge >= 0.3 is 0 Å². The molecular weight excluding hydrogens is 402 g/mol. The maximum Gasteiger partial charge on any atom is 0.212 e. The lowest BCUT2D eigenvalue weighted by molar-refractivity contribution is -0.644. The Labute approximate surface area is 189 Å². The van der Waals surface area contributed by atoms with Gasteiger partial charge in [-0.3, -0.25) is 0 Å². The van der Waals surface area contributed by atoms with Crippen LogP contribution in [0.25, 0.3) is 17.0 Å². The van der Waals surface area contributed by atoms with Gasteiger partial charge in [-0.25, -0.2) is 4.57 Å². The number of anilines is 1. The molecule has 3 aromatic rings. The predicted molar refractivity (Wildman–Crippen MR) is 132 cm³/mol. The minimum Gasteiger partial charge on any atom is -0.335 e. The van der Waals surface area contributed by atoms with Gasteiger partial charge in [-0.1, -0.05) is 36.0 Å². The van der Waals surface area contributed by atoms with E-state index in [4.69, 9.17) is 5.73 Å². The van der Waals surface area contributed by atoms with E-state index in [9.17, 15) is 0 Å². The van der Waals surface area contributed by atoms with Crippen LogP contribution < -0.4 is 25.8 Å². The van der Waals surface area contributed by atoms with Crippen LogP contribution in [0.15, 0.2) is 70.7 Å². The maximum atomic E-state index is 5.51. The predicted octanol–water partition coefficient (Wildman–Crippen LogP) is 3.10. The summed E-state index contributed by atoms with van der Waals surface area (Å²) < 4.78 is 2.18. The minimum atomic E-state index is 0.691. The molecule has 1 aromatic heterocycles. The van der Waals surface area contributed by atoms with Crippen LogP contribution in [0.5, 0.6) is 0 Å². The molecule has 0 bridgehead atoms. The number of fused-ring (bicyclic) bond motifs is 2. The first-order valence-electron chi connectivity index (χ1n) is 11.0. The standard InChI is InChI=1S/C25H32N5S/c1-29-18-11-20(21-7-2-3-8-22(21)29)19-25-30(23-9-4-5-10-24(23)31-25)17-6-13-27-15-16-28-14-12-26/h2-5,7-11,18-19,27-28H,6,12-17,26H2,1H3/q+1. The molecule has 0 saturated carbocycles. The fraction of sp³-hybridized carbons (Fsp3) is 0.320. The number of aromatic nitrogens is 1. The highest BCUT2D eigenvalue weighted by atomic mass is 32.2. The molecule has 0 atom stereocenters. The van der Waals surface area contributed by atoms with Crippen LogP contribution in [0.2, 0.25) is 0 Å². The fourth-order valence-corrected chi connectivity index (χ4v) is 5.07. The molecule has 2 heterocycles. The SMILES string of the molecule is C[n+]1ccc(/C=C2\Sc3ccccc3N2CCCNCCNCCN)c2ccccc21. The van der Waals surface area contributed by atoms with E-state index in [0.29, 0.717) is 6.54 Å². The van der Waals surface area contributed by atoms with E-state index in [1.807, 2.05) is 11.8 Å². The molecule has 6 heteroatoms. The monoisotopic (exact) mass is 434 g/mol. The zero-order valence-electron chi connectivity index (χ0n) is 18.2. The Kier molecular flexibility index (Phi) is 7.59. The van der Waals surface area contributed by atoms with Crippen molar-refractivity contribution in [2.75, 3.05) is 44.2 Å². The number of pyridine rings is 1. The number of hydrogen-bond donors (Lipinski definition) is 3. The van der Waals surface area contributed by atoms with Crippen LogP contribution in [0.1, 0.15) is 12.0 Å². The van der Waals surface area contributed by atoms with E-state index in [1.54, 1.807) is 0 Å². The highest BCUT2D eigenvalue weighted by Crippen LogP contribution is 2.46. The molecule has 2 aromatic carbocycles. The molecule has 31 heavy (non-hydrogen) atoms. The number of nitrogens with one attached hydrogen (secondary N) is 2. The Hall–Kier alpha value is -2.38. The quantitative estimate of drug-likeness (QED) is 0.338. The van der Waals surface area contributed by atoms with Crippen molar-refractivity contribution in [1.29, 1.82) is 0 Å².